The molecular weight excluding hydrogens is 302 g/mol. The number of carboxylic acids is 1. The molecule has 0 aromatic heterocycles. The van der Waals surface area contributed by atoms with Crippen molar-refractivity contribution in [2.75, 3.05) is 6.54 Å². The van der Waals surface area contributed by atoms with Gasteiger partial charge in [-0.3, -0.25) is 5.73 Å². The molecule has 0 aromatic rings. The number of unbranched alkanes of at least 4 members (excludes halogenated alkanes) is 7. The van der Waals surface area contributed by atoms with Crippen molar-refractivity contribution >= 4 is 11.8 Å². The Morgan fingerprint density at radius 2 is 1.92 bits per heavy atom. The SMILES string of the molecule is CCCCCCCCC/C=C/CC1=NC=C[N+]1(CC(=O)O)C(C)N. The van der Waals surface area contributed by atoms with Crippen LogP contribution >= 0.6 is 0 Å². The van der Waals surface area contributed by atoms with Crippen molar-refractivity contribution in [3.05, 3.63) is 24.6 Å². The fourth-order valence-corrected chi connectivity index (χ4v) is 3.06. The van der Waals surface area contributed by atoms with E-state index in [1.54, 1.807) is 12.4 Å². The van der Waals surface area contributed by atoms with E-state index in [0.717, 1.165) is 12.3 Å². The molecule has 0 radical (unpaired) electrons. The van der Waals surface area contributed by atoms with Gasteiger partial charge in [-0.05, 0) is 12.8 Å². The van der Waals surface area contributed by atoms with E-state index in [1.807, 2.05) is 6.92 Å². The fourth-order valence-electron chi connectivity index (χ4n) is 3.06. The second kappa shape index (κ2) is 11.2. The minimum Gasteiger partial charge on any atom is -0.477 e. The summed E-state index contributed by atoms with van der Waals surface area (Å²) in [5, 5.41) is 9.17. The topological polar surface area (TPSA) is 75.7 Å². The number of nitrogens with two attached hydrogens (primary N) is 1. The molecule has 3 N–H and O–H groups in total. The highest BCUT2D eigenvalue weighted by atomic mass is 16.4. The number of rotatable bonds is 13. The number of allylic oxidation sites excluding steroid dienone is 1. The van der Waals surface area contributed by atoms with E-state index in [2.05, 4.69) is 24.1 Å². The highest BCUT2D eigenvalue weighted by molar-refractivity contribution is 5.82. The van der Waals surface area contributed by atoms with E-state index in [0.29, 0.717) is 6.42 Å². The number of quaternary nitrogens is 1. The summed E-state index contributed by atoms with van der Waals surface area (Å²) in [7, 11) is 0. The van der Waals surface area contributed by atoms with Crippen molar-refractivity contribution in [2.24, 2.45) is 10.7 Å². The second-order valence-electron chi connectivity index (χ2n) is 6.65. The van der Waals surface area contributed by atoms with Crippen LogP contribution in [0.4, 0.5) is 0 Å². The van der Waals surface area contributed by atoms with Gasteiger partial charge >= 0.3 is 5.97 Å². The highest BCUT2D eigenvalue weighted by Gasteiger charge is 2.40. The Labute approximate surface area is 146 Å². The molecule has 0 aliphatic carbocycles. The molecule has 1 rings (SSSR count). The number of nitrogens with zero attached hydrogens (tertiary/aromatic N) is 2. The lowest BCUT2D eigenvalue weighted by Crippen LogP contribution is -2.58. The van der Waals surface area contributed by atoms with Gasteiger partial charge in [-0.15, -0.1) is 0 Å². The first-order chi connectivity index (χ1) is 11.5. The average molecular weight is 337 g/mol. The molecule has 0 bridgehead atoms. The molecule has 1 aliphatic heterocycles. The van der Waals surface area contributed by atoms with Crippen LogP contribution in [0.2, 0.25) is 0 Å². The van der Waals surface area contributed by atoms with Crippen molar-refractivity contribution in [3.8, 4) is 0 Å². The average Bonchev–Trinajstić information content (AvgIpc) is 2.92. The van der Waals surface area contributed by atoms with Crippen molar-refractivity contribution in [1.82, 2.24) is 0 Å². The summed E-state index contributed by atoms with van der Waals surface area (Å²) in [6.45, 7) is 4.01. The summed E-state index contributed by atoms with van der Waals surface area (Å²) in [4.78, 5) is 15.5. The van der Waals surface area contributed by atoms with Crippen LogP contribution in [-0.4, -0.2) is 34.1 Å². The van der Waals surface area contributed by atoms with Gasteiger partial charge < -0.3 is 5.11 Å². The van der Waals surface area contributed by atoms with Crippen molar-refractivity contribution in [1.29, 1.82) is 0 Å². The number of aliphatic imine (C=N–C) groups is 1. The summed E-state index contributed by atoms with van der Waals surface area (Å²) >= 11 is 0. The van der Waals surface area contributed by atoms with Crippen molar-refractivity contribution in [3.63, 3.8) is 0 Å². The lowest BCUT2D eigenvalue weighted by atomic mass is 10.1. The Kier molecular flexibility index (Phi) is 9.57. The third-order valence-corrected chi connectivity index (χ3v) is 4.60. The van der Waals surface area contributed by atoms with Gasteiger partial charge in [0.25, 0.3) is 0 Å². The standard InChI is InChI=1S/C19H33N3O2/c1-3-4-5-6-7-8-9-10-11-12-13-18-21-14-15-22(18,17(2)20)16-19(23)24/h11-12,14-15,17H,3-10,13,16,20H2,1-2H3/p+1/b12-11+. The van der Waals surface area contributed by atoms with Gasteiger partial charge in [0.2, 0.25) is 5.84 Å². The first kappa shape index (κ1) is 20.6. The predicted octanol–water partition coefficient (Wildman–Crippen LogP) is 4.16. The number of amidine groups is 1. The lowest BCUT2D eigenvalue weighted by Gasteiger charge is -2.34. The molecule has 0 saturated carbocycles. The van der Waals surface area contributed by atoms with Gasteiger partial charge in [-0.1, -0.05) is 57.6 Å². The minimum absolute atomic E-state index is 0.0569. The number of carboxylic acid groups (broad SMARTS) is 1. The summed E-state index contributed by atoms with van der Waals surface area (Å²) in [5.41, 5.74) is 6.04. The molecule has 0 aromatic carbocycles. The molecule has 0 fully saturated rings. The molecule has 136 valence electrons. The number of carbonyl (C=O) groups is 1. The second-order valence-corrected chi connectivity index (χ2v) is 6.65. The third-order valence-electron chi connectivity index (χ3n) is 4.60. The molecule has 2 unspecified atom stereocenters. The van der Waals surface area contributed by atoms with Crippen LogP contribution < -0.4 is 5.73 Å². The maximum atomic E-state index is 11.2. The van der Waals surface area contributed by atoms with Crippen LogP contribution in [0, 0.1) is 0 Å². The molecule has 0 spiro atoms. The summed E-state index contributed by atoms with van der Waals surface area (Å²) < 4.78 is 0.122. The summed E-state index contributed by atoms with van der Waals surface area (Å²) in [6.07, 6.45) is 18.3. The normalized spacial score (nSPS) is 21.4. The van der Waals surface area contributed by atoms with Crippen molar-refractivity contribution in [2.45, 2.75) is 77.8 Å². The van der Waals surface area contributed by atoms with Crippen LogP contribution in [-0.2, 0) is 4.79 Å². The molecule has 5 nitrogen and oxygen atoms in total. The van der Waals surface area contributed by atoms with Gasteiger partial charge in [0, 0.05) is 6.92 Å². The van der Waals surface area contributed by atoms with E-state index >= 15 is 0 Å². The lowest BCUT2D eigenvalue weighted by molar-refractivity contribution is -0.805. The number of aliphatic carboxylic acids is 1. The Morgan fingerprint density at radius 1 is 1.25 bits per heavy atom. The largest absolute Gasteiger partial charge is 0.477 e. The van der Waals surface area contributed by atoms with Gasteiger partial charge in [0.15, 0.2) is 6.54 Å². The van der Waals surface area contributed by atoms with Crippen LogP contribution in [0.3, 0.4) is 0 Å². The van der Waals surface area contributed by atoms with Gasteiger partial charge in [0.1, 0.15) is 12.4 Å². The zero-order chi connectivity index (χ0) is 17.8. The monoisotopic (exact) mass is 336 g/mol. The fraction of sp³-hybridized carbons (Fsp3) is 0.684. The van der Waals surface area contributed by atoms with E-state index in [9.17, 15) is 9.90 Å². The Hall–Kier alpha value is -1.46. The van der Waals surface area contributed by atoms with E-state index < -0.39 is 5.97 Å². The Bertz CT molecular complexity index is 469. The first-order valence-corrected chi connectivity index (χ1v) is 9.27. The summed E-state index contributed by atoms with van der Waals surface area (Å²) in [6, 6.07) is 0. The number of hydrogen-bond donors (Lipinski definition) is 2. The van der Waals surface area contributed by atoms with E-state index in [-0.39, 0.29) is 17.2 Å². The van der Waals surface area contributed by atoms with Crippen LogP contribution in [0.1, 0.15) is 71.6 Å². The minimum atomic E-state index is -0.862. The molecule has 2 atom stereocenters. The van der Waals surface area contributed by atoms with Crippen LogP contribution in [0.25, 0.3) is 0 Å². The smallest absolute Gasteiger partial charge is 0.360 e. The maximum Gasteiger partial charge on any atom is 0.360 e. The molecule has 0 amide bonds. The zero-order valence-corrected chi connectivity index (χ0v) is 15.3. The first-order valence-electron chi connectivity index (χ1n) is 9.27. The molecule has 1 aliphatic rings. The predicted molar refractivity (Wildman–Crippen MR) is 99.4 cm³/mol. The van der Waals surface area contributed by atoms with Crippen molar-refractivity contribution < 1.29 is 14.4 Å². The third kappa shape index (κ3) is 6.57. The summed E-state index contributed by atoms with van der Waals surface area (Å²) in [5.74, 6) is -0.0539. The quantitative estimate of drug-likeness (QED) is 0.301. The highest BCUT2D eigenvalue weighted by Crippen LogP contribution is 2.22. The molecule has 0 saturated heterocycles. The van der Waals surface area contributed by atoms with E-state index in [1.165, 1.54) is 44.9 Å². The van der Waals surface area contributed by atoms with Crippen LogP contribution in [0.5, 0.6) is 0 Å². The van der Waals surface area contributed by atoms with Gasteiger partial charge in [-0.25, -0.2) is 14.3 Å². The van der Waals surface area contributed by atoms with E-state index in [4.69, 9.17) is 5.73 Å². The Balaban J connectivity index is 2.31. The van der Waals surface area contributed by atoms with Crippen LogP contribution in [0.15, 0.2) is 29.5 Å². The zero-order valence-electron chi connectivity index (χ0n) is 15.3. The number of hydrogen-bond acceptors (Lipinski definition) is 3. The molecule has 24 heavy (non-hydrogen) atoms. The molecule has 1 heterocycles. The molecule has 5 heteroatoms. The maximum absolute atomic E-state index is 11.2. The molecular formula is C19H34N3O2+. The van der Waals surface area contributed by atoms with Gasteiger partial charge in [0.05, 0.1) is 12.6 Å². The Morgan fingerprint density at radius 3 is 2.54 bits per heavy atom. The van der Waals surface area contributed by atoms with Gasteiger partial charge in [-0.2, -0.15) is 0 Å².